The zero-order valence-corrected chi connectivity index (χ0v) is 36.5. The molecule has 0 radical (unpaired) electrons. The molecule has 0 bridgehead atoms. The standard InChI is InChI=1S/C45H87O8P/c1-4-7-9-11-13-15-17-19-21-22-23-24-26-28-30-32-34-36-38-40-45(47)53-43(42-52-54(48,49)51-6-3)41-50-44(46)39-37-35-33-31-29-27-25-20-18-16-14-12-10-8-5-2/h19,21,43H,4-18,20,22-42H2,1-3H3,(H,48,49)/b21-19-. The third-order valence-corrected chi connectivity index (χ3v) is 11.1. The summed E-state index contributed by atoms with van der Waals surface area (Å²) in [5.41, 5.74) is 0. The van der Waals surface area contributed by atoms with Crippen molar-refractivity contribution < 1.29 is 37.6 Å². The van der Waals surface area contributed by atoms with Gasteiger partial charge in [0.1, 0.15) is 6.61 Å². The molecule has 0 rings (SSSR count). The van der Waals surface area contributed by atoms with Crippen LogP contribution >= 0.6 is 7.82 Å². The summed E-state index contributed by atoms with van der Waals surface area (Å²) in [6, 6.07) is 0. The molecule has 0 aliphatic carbocycles. The second kappa shape index (κ2) is 41.4. The van der Waals surface area contributed by atoms with Crippen molar-refractivity contribution in [3.63, 3.8) is 0 Å². The average molecular weight is 787 g/mol. The molecule has 2 unspecified atom stereocenters. The van der Waals surface area contributed by atoms with Crippen LogP contribution in [0.1, 0.15) is 239 Å². The van der Waals surface area contributed by atoms with Crippen molar-refractivity contribution >= 4 is 19.8 Å². The quantitative estimate of drug-likeness (QED) is 0.0282. The number of ether oxygens (including phenoxy) is 2. The first-order valence-electron chi connectivity index (χ1n) is 23.0. The Morgan fingerprint density at radius 1 is 0.481 bits per heavy atom. The molecule has 0 aliphatic rings. The van der Waals surface area contributed by atoms with Gasteiger partial charge < -0.3 is 14.4 Å². The van der Waals surface area contributed by atoms with Gasteiger partial charge in [-0.1, -0.05) is 193 Å². The van der Waals surface area contributed by atoms with E-state index in [1.54, 1.807) is 6.92 Å². The van der Waals surface area contributed by atoms with Crippen molar-refractivity contribution in [2.75, 3.05) is 19.8 Å². The van der Waals surface area contributed by atoms with Crippen LogP contribution in [0.25, 0.3) is 0 Å². The highest BCUT2D eigenvalue weighted by molar-refractivity contribution is 7.47. The number of carbonyl (C=O) groups is 2. The minimum atomic E-state index is -4.28. The van der Waals surface area contributed by atoms with Gasteiger partial charge in [0.15, 0.2) is 6.10 Å². The summed E-state index contributed by atoms with van der Waals surface area (Å²) >= 11 is 0. The normalized spacial score (nSPS) is 13.3. The monoisotopic (exact) mass is 787 g/mol. The van der Waals surface area contributed by atoms with Crippen LogP contribution in [0.4, 0.5) is 0 Å². The summed E-state index contributed by atoms with van der Waals surface area (Å²) in [7, 11) is -4.28. The van der Waals surface area contributed by atoms with Crippen molar-refractivity contribution in [3.8, 4) is 0 Å². The fourth-order valence-electron chi connectivity index (χ4n) is 6.68. The van der Waals surface area contributed by atoms with Gasteiger partial charge in [0.2, 0.25) is 0 Å². The molecule has 1 N–H and O–H groups in total. The Hall–Kier alpha value is -1.21. The van der Waals surface area contributed by atoms with Crippen LogP contribution in [0.2, 0.25) is 0 Å². The molecule has 320 valence electrons. The summed E-state index contributed by atoms with van der Waals surface area (Å²) < 4.78 is 32.7. The number of rotatable bonds is 43. The summed E-state index contributed by atoms with van der Waals surface area (Å²) in [5.74, 6) is -0.786. The van der Waals surface area contributed by atoms with Crippen molar-refractivity contribution in [1.29, 1.82) is 0 Å². The van der Waals surface area contributed by atoms with Gasteiger partial charge in [-0.25, -0.2) is 4.57 Å². The van der Waals surface area contributed by atoms with E-state index in [0.717, 1.165) is 32.1 Å². The largest absolute Gasteiger partial charge is 0.472 e. The Balaban J connectivity index is 4.01. The van der Waals surface area contributed by atoms with Crippen LogP contribution in [0, 0.1) is 0 Å². The average Bonchev–Trinajstić information content (AvgIpc) is 3.15. The molecule has 0 saturated heterocycles. The molecule has 0 amide bonds. The lowest BCUT2D eigenvalue weighted by atomic mass is 10.0. The molecule has 0 saturated carbocycles. The van der Waals surface area contributed by atoms with Crippen LogP contribution in [0.5, 0.6) is 0 Å². The van der Waals surface area contributed by atoms with Crippen LogP contribution in [0.3, 0.4) is 0 Å². The minimum absolute atomic E-state index is 0.00344. The number of hydrogen-bond donors (Lipinski definition) is 1. The van der Waals surface area contributed by atoms with Gasteiger partial charge in [-0.15, -0.1) is 0 Å². The molecule has 0 spiro atoms. The number of phosphoric ester groups is 1. The van der Waals surface area contributed by atoms with E-state index in [0.29, 0.717) is 12.8 Å². The Morgan fingerprint density at radius 2 is 0.833 bits per heavy atom. The highest BCUT2D eigenvalue weighted by atomic mass is 31.2. The van der Waals surface area contributed by atoms with E-state index in [1.165, 1.54) is 167 Å². The molecule has 8 nitrogen and oxygen atoms in total. The van der Waals surface area contributed by atoms with E-state index in [2.05, 4.69) is 26.0 Å². The maximum atomic E-state index is 12.6. The number of phosphoric acid groups is 1. The van der Waals surface area contributed by atoms with Crippen molar-refractivity contribution in [3.05, 3.63) is 12.2 Å². The van der Waals surface area contributed by atoms with Crippen LogP contribution in [-0.4, -0.2) is 42.8 Å². The van der Waals surface area contributed by atoms with Crippen molar-refractivity contribution in [2.45, 2.75) is 245 Å². The maximum absolute atomic E-state index is 12.6. The van der Waals surface area contributed by atoms with Crippen LogP contribution in [-0.2, 0) is 32.7 Å². The second-order valence-corrected chi connectivity index (χ2v) is 16.9. The van der Waals surface area contributed by atoms with E-state index in [1.807, 2.05) is 0 Å². The molecule has 0 aromatic carbocycles. The molecule has 2 atom stereocenters. The van der Waals surface area contributed by atoms with Gasteiger partial charge in [0.25, 0.3) is 0 Å². The molecule has 9 heteroatoms. The fraction of sp³-hybridized carbons (Fsp3) is 0.911. The van der Waals surface area contributed by atoms with Crippen molar-refractivity contribution in [1.82, 2.24) is 0 Å². The lowest BCUT2D eigenvalue weighted by molar-refractivity contribution is -0.161. The Morgan fingerprint density at radius 3 is 1.22 bits per heavy atom. The third kappa shape index (κ3) is 40.5. The Labute approximate surface area is 333 Å². The van der Waals surface area contributed by atoms with Gasteiger partial charge in [-0.3, -0.25) is 18.6 Å². The molecule has 0 aromatic heterocycles. The first-order chi connectivity index (χ1) is 26.3. The van der Waals surface area contributed by atoms with Crippen molar-refractivity contribution in [2.24, 2.45) is 0 Å². The number of hydrogen-bond acceptors (Lipinski definition) is 7. The van der Waals surface area contributed by atoms with Gasteiger partial charge in [-0.2, -0.15) is 0 Å². The predicted octanol–water partition coefficient (Wildman–Crippen LogP) is 14.5. The Kier molecular flexibility index (Phi) is 40.5. The first kappa shape index (κ1) is 52.8. The number of esters is 2. The zero-order chi connectivity index (χ0) is 39.6. The summed E-state index contributed by atoms with van der Waals surface area (Å²) in [4.78, 5) is 34.8. The fourth-order valence-corrected chi connectivity index (χ4v) is 7.44. The Bertz CT molecular complexity index is 895. The number of unbranched alkanes of at least 4 members (excludes halogenated alkanes) is 29. The predicted molar refractivity (Wildman–Crippen MR) is 226 cm³/mol. The summed E-state index contributed by atoms with van der Waals surface area (Å²) in [5, 5.41) is 0. The highest BCUT2D eigenvalue weighted by Gasteiger charge is 2.25. The molecular weight excluding hydrogens is 699 g/mol. The zero-order valence-electron chi connectivity index (χ0n) is 35.6. The van der Waals surface area contributed by atoms with Gasteiger partial charge in [0.05, 0.1) is 13.2 Å². The van der Waals surface area contributed by atoms with E-state index >= 15 is 0 Å². The number of carbonyl (C=O) groups excluding carboxylic acids is 2. The minimum Gasteiger partial charge on any atom is -0.462 e. The van der Waals surface area contributed by atoms with E-state index in [-0.39, 0.29) is 32.2 Å². The molecule has 0 heterocycles. The topological polar surface area (TPSA) is 108 Å². The smallest absolute Gasteiger partial charge is 0.462 e. The second-order valence-electron chi connectivity index (χ2n) is 15.4. The van der Waals surface area contributed by atoms with Gasteiger partial charge >= 0.3 is 19.8 Å². The van der Waals surface area contributed by atoms with E-state index < -0.39 is 19.9 Å². The lowest BCUT2D eigenvalue weighted by Gasteiger charge is -2.19. The van der Waals surface area contributed by atoms with E-state index in [9.17, 15) is 19.0 Å². The maximum Gasteiger partial charge on any atom is 0.472 e. The molecular formula is C45H87O8P. The van der Waals surface area contributed by atoms with Gasteiger partial charge in [-0.05, 0) is 45.4 Å². The summed E-state index contributed by atoms with van der Waals surface area (Å²) in [6.07, 6.45) is 44.0. The highest BCUT2D eigenvalue weighted by Crippen LogP contribution is 2.43. The first-order valence-corrected chi connectivity index (χ1v) is 24.5. The molecule has 54 heavy (non-hydrogen) atoms. The van der Waals surface area contributed by atoms with Gasteiger partial charge in [0, 0.05) is 12.8 Å². The third-order valence-electron chi connectivity index (χ3n) is 10.1. The SMILES string of the molecule is CCCCCCCC/C=C\CCCCCCCCCCCC(=O)OC(COC(=O)CCCCCCCCCCCCCCCCC)COP(=O)(O)OCC. The molecule has 0 aromatic rings. The molecule has 0 fully saturated rings. The van der Waals surface area contributed by atoms with Crippen LogP contribution < -0.4 is 0 Å². The lowest BCUT2D eigenvalue weighted by Crippen LogP contribution is -2.29. The van der Waals surface area contributed by atoms with E-state index in [4.69, 9.17) is 18.5 Å². The van der Waals surface area contributed by atoms with Crippen LogP contribution in [0.15, 0.2) is 12.2 Å². The summed E-state index contributed by atoms with van der Waals surface area (Å²) in [6.45, 7) is 5.51. The molecule has 0 aliphatic heterocycles. The number of allylic oxidation sites excluding steroid dienone is 2.